The summed E-state index contributed by atoms with van der Waals surface area (Å²) < 4.78 is 7.99. The van der Waals surface area contributed by atoms with Gasteiger partial charge in [-0.2, -0.15) is 5.10 Å². The lowest BCUT2D eigenvalue weighted by Crippen LogP contribution is -1.99. The Kier molecular flexibility index (Phi) is 4.02. The lowest BCUT2D eigenvalue weighted by molar-refractivity contribution is 0.619. The summed E-state index contributed by atoms with van der Waals surface area (Å²) in [5.41, 5.74) is 6.87. The molecule has 3 aromatic carbocycles. The van der Waals surface area contributed by atoms with Gasteiger partial charge in [-0.3, -0.25) is 4.68 Å². The van der Waals surface area contributed by atoms with E-state index in [1.807, 2.05) is 53.3 Å². The first-order valence-electron chi connectivity index (χ1n) is 9.31. The minimum absolute atomic E-state index is 0.594. The van der Waals surface area contributed by atoms with Crippen molar-refractivity contribution in [2.24, 2.45) is 0 Å². The SMILES string of the molecule is Cc1ccc(-c2nn(Cc3ccccc3)cc2-c2nc3ccccc3o2)cc1. The number of rotatable bonds is 4. The average molecular weight is 365 g/mol. The zero-order valence-corrected chi connectivity index (χ0v) is 15.5. The number of hydrogen-bond donors (Lipinski definition) is 0. The lowest BCUT2D eigenvalue weighted by Gasteiger charge is -2.02. The molecule has 4 nitrogen and oxygen atoms in total. The second-order valence-electron chi connectivity index (χ2n) is 6.93. The van der Waals surface area contributed by atoms with Gasteiger partial charge in [-0.1, -0.05) is 72.3 Å². The van der Waals surface area contributed by atoms with Crippen molar-refractivity contribution in [1.29, 1.82) is 0 Å². The van der Waals surface area contributed by atoms with E-state index < -0.39 is 0 Å². The molecule has 2 heterocycles. The van der Waals surface area contributed by atoms with E-state index in [1.54, 1.807) is 0 Å². The van der Waals surface area contributed by atoms with Crippen LogP contribution in [0.25, 0.3) is 33.8 Å². The normalized spacial score (nSPS) is 11.2. The highest BCUT2D eigenvalue weighted by molar-refractivity contribution is 5.81. The quantitative estimate of drug-likeness (QED) is 0.409. The van der Waals surface area contributed by atoms with Crippen LogP contribution in [0.5, 0.6) is 0 Å². The number of benzene rings is 3. The van der Waals surface area contributed by atoms with E-state index in [2.05, 4.69) is 48.3 Å². The first-order chi connectivity index (χ1) is 13.8. The van der Waals surface area contributed by atoms with Gasteiger partial charge in [-0.05, 0) is 24.6 Å². The molecule has 0 atom stereocenters. The second-order valence-corrected chi connectivity index (χ2v) is 6.93. The summed E-state index contributed by atoms with van der Waals surface area (Å²) in [6.07, 6.45) is 2.02. The highest BCUT2D eigenvalue weighted by atomic mass is 16.3. The van der Waals surface area contributed by atoms with Gasteiger partial charge in [0.05, 0.1) is 12.1 Å². The molecular weight excluding hydrogens is 346 g/mol. The highest BCUT2D eigenvalue weighted by Crippen LogP contribution is 2.32. The van der Waals surface area contributed by atoms with Crippen LogP contribution in [0.3, 0.4) is 0 Å². The van der Waals surface area contributed by atoms with Crippen molar-refractivity contribution in [3.05, 3.63) is 96.2 Å². The number of fused-ring (bicyclic) bond motifs is 1. The van der Waals surface area contributed by atoms with Crippen molar-refractivity contribution in [2.45, 2.75) is 13.5 Å². The maximum absolute atomic E-state index is 6.04. The highest BCUT2D eigenvalue weighted by Gasteiger charge is 2.18. The minimum Gasteiger partial charge on any atom is -0.436 e. The van der Waals surface area contributed by atoms with E-state index in [4.69, 9.17) is 9.52 Å². The third kappa shape index (κ3) is 3.09. The van der Waals surface area contributed by atoms with Gasteiger partial charge >= 0.3 is 0 Å². The van der Waals surface area contributed by atoms with Gasteiger partial charge in [0.25, 0.3) is 0 Å². The van der Waals surface area contributed by atoms with Gasteiger partial charge in [0.15, 0.2) is 5.58 Å². The molecule has 136 valence electrons. The molecule has 0 aliphatic carbocycles. The van der Waals surface area contributed by atoms with Crippen molar-refractivity contribution in [1.82, 2.24) is 14.8 Å². The molecule has 0 unspecified atom stereocenters. The van der Waals surface area contributed by atoms with Crippen LogP contribution < -0.4 is 0 Å². The van der Waals surface area contributed by atoms with Crippen LogP contribution in [0.1, 0.15) is 11.1 Å². The Morgan fingerprint density at radius 2 is 1.61 bits per heavy atom. The molecule has 0 saturated heterocycles. The number of aromatic nitrogens is 3. The van der Waals surface area contributed by atoms with Gasteiger partial charge in [0, 0.05) is 11.8 Å². The summed E-state index contributed by atoms with van der Waals surface area (Å²) in [6.45, 7) is 2.78. The summed E-state index contributed by atoms with van der Waals surface area (Å²) in [6, 6.07) is 26.5. The van der Waals surface area contributed by atoms with Gasteiger partial charge in [-0.15, -0.1) is 0 Å². The molecule has 0 radical (unpaired) electrons. The molecule has 0 aliphatic heterocycles. The van der Waals surface area contributed by atoms with Crippen molar-refractivity contribution in [3.8, 4) is 22.7 Å². The number of aryl methyl sites for hydroxylation is 1. The summed E-state index contributed by atoms with van der Waals surface area (Å²) in [5, 5.41) is 4.87. The molecule has 0 saturated carbocycles. The fourth-order valence-corrected chi connectivity index (χ4v) is 3.34. The zero-order valence-electron chi connectivity index (χ0n) is 15.5. The number of hydrogen-bond acceptors (Lipinski definition) is 3. The molecule has 0 spiro atoms. The first-order valence-corrected chi connectivity index (χ1v) is 9.31. The number of para-hydroxylation sites is 2. The fourth-order valence-electron chi connectivity index (χ4n) is 3.34. The van der Waals surface area contributed by atoms with Crippen molar-refractivity contribution in [3.63, 3.8) is 0 Å². The molecule has 4 heteroatoms. The Morgan fingerprint density at radius 3 is 2.39 bits per heavy atom. The van der Waals surface area contributed by atoms with Crippen molar-refractivity contribution < 1.29 is 4.42 Å². The van der Waals surface area contributed by atoms with Crippen LogP contribution in [-0.2, 0) is 6.54 Å². The van der Waals surface area contributed by atoms with Crippen LogP contribution in [0.4, 0.5) is 0 Å². The molecule has 0 amide bonds. The van der Waals surface area contributed by atoms with Crippen molar-refractivity contribution in [2.75, 3.05) is 0 Å². The van der Waals surface area contributed by atoms with E-state index in [0.29, 0.717) is 12.4 Å². The maximum Gasteiger partial charge on any atom is 0.231 e. The third-order valence-corrected chi connectivity index (χ3v) is 4.80. The number of nitrogens with zero attached hydrogens (tertiary/aromatic N) is 3. The first kappa shape index (κ1) is 16.5. The molecule has 2 aromatic heterocycles. The van der Waals surface area contributed by atoms with Crippen LogP contribution in [0, 0.1) is 6.92 Å². The summed E-state index contributed by atoms with van der Waals surface area (Å²) in [4.78, 5) is 4.69. The topological polar surface area (TPSA) is 43.9 Å². The molecule has 5 rings (SSSR count). The third-order valence-electron chi connectivity index (χ3n) is 4.80. The van der Waals surface area contributed by atoms with Crippen molar-refractivity contribution >= 4 is 11.1 Å². The Balaban J connectivity index is 1.63. The Morgan fingerprint density at radius 1 is 0.857 bits per heavy atom. The summed E-state index contributed by atoms with van der Waals surface area (Å²) in [5.74, 6) is 0.594. The Labute approximate surface area is 163 Å². The second kappa shape index (κ2) is 6.82. The Hall–Kier alpha value is -3.66. The molecule has 0 N–H and O–H groups in total. The van der Waals surface area contributed by atoms with Crippen LogP contribution in [-0.4, -0.2) is 14.8 Å². The van der Waals surface area contributed by atoms with Gasteiger partial charge in [-0.25, -0.2) is 4.98 Å². The smallest absolute Gasteiger partial charge is 0.231 e. The summed E-state index contributed by atoms with van der Waals surface area (Å²) in [7, 11) is 0. The van der Waals surface area contributed by atoms with Crippen LogP contribution >= 0.6 is 0 Å². The van der Waals surface area contributed by atoms with E-state index >= 15 is 0 Å². The molecule has 0 aliphatic rings. The van der Waals surface area contributed by atoms with Gasteiger partial charge in [0.1, 0.15) is 11.2 Å². The lowest BCUT2D eigenvalue weighted by atomic mass is 10.1. The Bertz CT molecular complexity index is 1200. The predicted octanol–water partition coefficient (Wildman–Crippen LogP) is 5.72. The zero-order chi connectivity index (χ0) is 18.9. The van der Waals surface area contributed by atoms with E-state index in [-0.39, 0.29) is 0 Å². The van der Waals surface area contributed by atoms with Gasteiger partial charge < -0.3 is 4.42 Å². The van der Waals surface area contributed by atoms with Crippen LogP contribution in [0.2, 0.25) is 0 Å². The fraction of sp³-hybridized carbons (Fsp3) is 0.0833. The minimum atomic E-state index is 0.594. The molecular formula is C24H19N3O. The van der Waals surface area contributed by atoms with E-state index in [0.717, 1.165) is 27.9 Å². The average Bonchev–Trinajstić information content (AvgIpc) is 3.33. The standard InChI is InChI=1S/C24H19N3O/c1-17-11-13-19(14-12-17)23-20(24-25-21-9-5-6-10-22(21)28-24)16-27(26-23)15-18-7-3-2-4-8-18/h2-14,16H,15H2,1H3. The van der Waals surface area contributed by atoms with E-state index in [9.17, 15) is 0 Å². The molecule has 28 heavy (non-hydrogen) atoms. The predicted molar refractivity (Wildman–Crippen MR) is 111 cm³/mol. The molecule has 0 fully saturated rings. The number of oxazole rings is 1. The molecule has 5 aromatic rings. The molecule has 0 bridgehead atoms. The summed E-state index contributed by atoms with van der Waals surface area (Å²) >= 11 is 0. The van der Waals surface area contributed by atoms with Crippen LogP contribution in [0.15, 0.2) is 89.5 Å². The maximum atomic E-state index is 6.04. The monoisotopic (exact) mass is 365 g/mol. The van der Waals surface area contributed by atoms with Gasteiger partial charge in [0.2, 0.25) is 5.89 Å². The largest absolute Gasteiger partial charge is 0.436 e. The van der Waals surface area contributed by atoms with E-state index in [1.165, 1.54) is 11.1 Å².